The van der Waals surface area contributed by atoms with Crippen molar-refractivity contribution < 1.29 is 8.78 Å². The number of nitrogens with two attached hydrogens (primary N) is 1. The van der Waals surface area contributed by atoms with E-state index in [0.717, 1.165) is 11.6 Å². The van der Waals surface area contributed by atoms with E-state index in [1.54, 1.807) is 30.9 Å². The van der Waals surface area contributed by atoms with Crippen molar-refractivity contribution in [3.63, 3.8) is 0 Å². The number of nitrogens with one attached hydrogen (secondary N) is 1. The minimum absolute atomic E-state index is 0.145. The van der Waals surface area contributed by atoms with Crippen LogP contribution in [0.4, 0.5) is 26.1 Å². The number of nitrogen functional groups attached to an aromatic ring is 1. The van der Waals surface area contributed by atoms with Crippen molar-refractivity contribution in [3.05, 3.63) is 83.9 Å². The molecule has 7 nitrogen and oxygen atoms in total. The minimum atomic E-state index is -0.718. The van der Waals surface area contributed by atoms with Crippen LogP contribution in [-0.4, -0.2) is 24.9 Å². The van der Waals surface area contributed by atoms with Crippen LogP contribution >= 0.6 is 0 Å². The van der Waals surface area contributed by atoms with E-state index in [1.807, 2.05) is 32.0 Å². The average molecular weight is 455 g/mol. The standard InChI is InChI=1S/C25H19F2N7/c1-13-3-5-30-21(7-13)23-14(2)24(22-18(27)9-16(26)10-20(22)33-23)32-17-8-15(11-29-12-17)19-4-6-31-25(28)34-19/h3-12H,1-2H3,(H,32,33)(H2,28,31,34). The van der Waals surface area contributed by atoms with E-state index in [-0.39, 0.29) is 16.9 Å². The highest BCUT2D eigenvalue weighted by Crippen LogP contribution is 2.37. The molecule has 4 heterocycles. The third-order valence-electron chi connectivity index (χ3n) is 5.38. The van der Waals surface area contributed by atoms with Gasteiger partial charge >= 0.3 is 0 Å². The molecular formula is C25H19F2N7. The maximum Gasteiger partial charge on any atom is 0.220 e. The number of nitrogens with zero attached hydrogens (tertiary/aromatic N) is 5. The van der Waals surface area contributed by atoms with Gasteiger partial charge in [0.15, 0.2) is 0 Å². The van der Waals surface area contributed by atoms with Crippen LogP contribution in [0.25, 0.3) is 33.5 Å². The van der Waals surface area contributed by atoms with Gasteiger partial charge in [-0.1, -0.05) is 0 Å². The van der Waals surface area contributed by atoms with Crippen LogP contribution in [0.3, 0.4) is 0 Å². The average Bonchev–Trinajstić information content (AvgIpc) is 2.80. The highest BCUT2D eigenvalue weighted by molar-refractivity contribution is 5.98. The summed E-state index contributed by atoms with van der Waals surface area (Å²) in [5, 5.41) is 3.43. The maximum atomic E-state index is 15.0. The molecule has 0 aliphatic heterocycles. The highest BCUT2D eigenvalue weighted by Gasteiger charge is 2.19. The fraction of sp³-hybridized carbons (Fsp3) is 0.0800. The minimum Gasteiger partial charge on any atom is -0.368 e. The second kappa shape index (κ2) is 8.43. The Morgan fingerprint density at radius 2 is 1.71 bits per heavy atom. The Kier molecular flexibility index (Phi) is 5.29. The topological polar surface area (TPSA) is 102 Å². The van der Waals surface area contributed by atoms with Crippen molar-refractivity contribution in [3.8, 4) is 22.6 Å². The van der Waals surface area contributed by atoms with E-state index in [2.05, 4.69) is 30.2 Å². The van der Waals surface area contributed by atoms with Crippen LogP contribution in [0.2, 0.25) is 0 Å². The molecular weight excluding hydrogens is 436 g/mol. The molecule has 0 saturated heterocycles. The summed E-state index contributed by atoms with van der Waals surface area (Å²) in [6.07, 6.45) is 6.48. The normalized spacial score (nSPS) is 11.1. The van der Waals surface area contributed by atoms with Crippen molar-refractivity contribution in [1.29, 1.82) is 0 Å². The zero-order valence-electron chi connectivity index (χ0n) is 18.3. The fourth-order valence-corrected chi connectivity index (χ4v) is 3.80. The first kappa shape index (κ1) is 21.3. The van der Waals surface area contributed by atoms with Crippen LogP contribution < -0.4 is 11.1 Å². The molecule has 0 aliphatic carbocycles. The first-order valence-electron chi connectivity index (χ1n) is 10.4. The number of fused-ring (bicyclic) bond motifs is 1. The molecule has 0 aliphatic rings. The molecule has 0 atom stereocenters. The Hall–Kier alpha value is -4.53. The molecule has 9 heteroatoms. The Balaban J connectivity index is 1.69. The molecule has 0 amide bonds. The number of hydrogen-bond donors (Lipinski definition) is 2. The van der Waals surface area contributed by atoms with Gasteiger partial charge in [-0.05, 0) is 43.7 Å². The van der Waals surface area contributed by atoms with Crippen LogP contribution in [0.15, 0.2) is 61.2 Å². The lowest BCUT2D eigenvalue weighted by Crippen LogP contribution is -2.03. The number of rotatable bonds is 4. The molecule has 0 unspecified atom stereocenters. The first-order valence-corrected chi connectivity index (χ1v) is 10.4. The van der Waals surface area contributed by atoms with Crippen LogP contribution in [0.1, 0.15) is 11.1 Å². The summed E-state index contributed by atoms with van der Waals surface area (Å²) in [6, 6.07) is 9.33. The molecule has 0 spiro atoms. The number of benzene rings is 1. The number of hydrogen-bond acceptors (Lipinski definition) is 7. The number of aryl methyl sites for hydroxylation is 1. The third kappa shape index (κ3) is 3.99. The summed E-state index contributed by atoms with van der Waals surface area (Å²) in [6.45, 7) is 3.76. The molecule has 0 bridgehead atoms. The molecule has 0 fully saturated rings. The van der Waals surface area contributed by atoms with Crippen molar-refractivity contribution in [1.82, 2.24) is 24.9 Å². The van der Waals surface area contributed by atoms with Gasteiger partial charge in [0.2, 0.25) is 5.95 Å². The zero-order chi connectivity index (χ0) is 23.8. The third-order valence-corrected chi connectivity index (χ3v) is 5.38. The number of anilines is 3. The second-order valence-corrected chi connectivity index (χ2v) is 7.85. The Labute approximate surface area is 193 Å². The lowest BCUT2D eigenvalue weighted by molar-refractivity contribution is 0.591. The Bertz CT molecular complexity index is 1550. The monoisotopic (exact) mass is 455 g/mol. The number of pyridine rings is 3. The quantitative estimate of drug-likeness (QED) is 0.376. The van der Waals surface area contributed by atoms with E-state index in [0.29, 0.717) is 39.6 Å². The van der Waals surface area contributed by atoms with Gasteiger partial charge in [0.05, 0.1) is 45.6 Å². The second-order valence-electron chi connectivity index (χ2n) is 7.85. The summed E-state index contributed by atoms with van der Waals surface area (Å²) >= 11 is 0. The molecule has 4 aromatic heterocycles. The Morgan fingerprint density at radius 1 is 0.882 bits per heavy atom. The van der Waals surface area contributed by atoms with E-state index >= 15 is 0 Å². The van der Waals surface area contributed by atoms with E-state index in [9.17, 15) is 8.78 Å². The smallest absolute Gasteiger partial charge is 0.220 e. The number of halogens is 2. The van der Waals surface area contributed by atoms with Crippen LogP contribution in [-0.2, 0) is 0 Å². The maximum absolute atomic E-state index is 15.0. The summed E-state index contributed by atoms with van der Waals surface area (Å²) in [5.74, 6) is -1.28. The van der Waals surface area contributed by atoms with E-state index < -0.39 is 11.6 Å². The molecule has 34 heavy (non-hydrogen) atoms. The lowest BCUT2D eigenvalue weighted by atomic mass is 10.0. The predicted octanol–water partition coefficient (Wildman–Crippen LogP) is 5.37. The Morgan fingerprint density at radius 3 is 2.50 bits per heavy atom. The van der Waals surface area contributed by atoms with Gasteiger partial charge in [-0.3, -0.25) is 9.97 Å². The van der Waals surface area contributed by atoms with Gasteiger partial charge < -0.3 is 11.1 Å². The van der Waals surface area contributed by atoms with Gasteiger partial charge in [-0.25, -0.2) is 23.7 Å². The van der Waals surface area contributed by atoms with Gasteiger partial charge in [0.1, 0.15) is 11.6 Å². The molecule has 5 rings (SSSR count). The van der Waals surface area contributed by atoms with Crippen molar-refractivity contribution in [2.75, 3.05) is 11.1 Å². The van der Waals surface area contributed by atoms with Crippen molar-refractivity contribution in [2.24, 2.45) is 0 Å². The summed E-state index contributed by atoms with van der Waals surface area (Å²) in [4.78, 5) is 21.4. The highest BCUT2D eigenvalue weighted by atomic mass is 19.1. The lowest BCUT2D eigenvalue weighted by Gasteiger charge is -2.17. The molecule has 0 saturated carbocycles. The van der Waals surface area contributed by atoms with Crippen molar-refractivity contribution in [2.45, 2.75) is 13.8 Å². The zero-order valence-corrected chi connectivity index (χ0v) is 18.3. The fourth-order valence-electron chi connectivity index (χ4n) is 3.80. The summed E-state index contributed by atoms with van der Waals surface area (Å²) in [5.41, 5.74) is 11.0. The molecule has 0 radical (unpaired) electrons. The molecule has 5 aromatic rings. The first-order chi connectivity index (χ1) is 16.4. The van der Waals surface area contributed by atoms with E-state index in [4.69, 9.17) is 5.73 Å². The summed E-state index contributed by atoms with van der Waals surface area (Å²) < 4.78 is 29.1. The predicted molar refractivity (Wildman–Crippen MR) is 127 cm³/mol. The largest absolute Gasteiger partial charge is 0.368 e. The summed E-state index contributed by atoms with van der Waals surface area (Å²) in [7, 11) is 0. The molecule has 3 N–H and O–H groups in total. The van der Waals surface area contributed by atoms with E-state index in [1.165, 1.54) is 6.07 Å². The van der Waals surface area contributed by atoms with Gasteiger partial charge in [0, 0.05) is 41.9 Å². The molecule has 168 valence electrons. The van der Waals surface area contributed by atoms with Crippen molar-refractivity contribution >= 4 is 28.2 Å². The van der Waals surface area contributed by atoms with Gasteiger partial charge in [0.25, 0.3) is 0 Å². The SMILES string of the molecule is Cc1ccnc(-c2nc3cc(F)cc(F)c3c(Nc3cncc(-c4ccnc(N)n4)c3)c2C)c1. The van der Waals surface area contributed by atoms with Crippen LogP contribution in [0, 0.1) is 25.5 Å². The number of aromatic nitrogens is 5. The van der Waals surface area contributed by atoms with Gasteiger partial charge in [-0.15, -0.1) is 0 Å². The van der Waals surface area contributed by atoms with Gasteiger partial charge in [-0.2, -0.15) is 0 Å². The van der Waals surface area contributed by atoms with Crippen LogP contribution in [0.5, 0.6) is 0 Å². The molecule has 1 aromatic carbocycles.